The Balaban J connectivity index is 1.63. The van der Waals surface area contributed by atoms with Crippen LogP contribution in [0.1, 0.15) is 31.1 Å². The molecule has 0 saturated carbocycles. The molecule has 1 aliphatic carbocycles. The van der Waals surface area contributed by atoms with Crippen LogP contribution in [0.15, 0.2) is 72.4 Å². The molecule has 1 aliphatic rings. The van der Waals surface area contributed by atoms with Crippen molar-refractivity contribution in [1.29, 1.82) is 0 Å². The molecule has 3 N–H and O–H groups in total. The zero-order valence-electron chi connectivity index (χ0n) is 15.4. The van der Waals surface area contributed by atoms with E-state index >= 15 is 0 Å². The van der Waals surface area contributed by atoms with Crippen molar-refractivity contribution in [3.63, 3.8) is 0 Å². The second-order valence-corrected chi connectivity index (χ2v) is 6.65. The molecule has 0 bridgehead atoms. The van der Waals surface area contributed by atoms with Gasteiger partial charge in [0, 0.05) is 22.9 Å². The summed E-state index contributed by atoms with van der Waals surface area (Å²) in [6.07, 6.45) is 1.22. The summed E-state index contributed by atoms with van der Waals surface area (Å²) in [4.78, 5) is 36.2. The van der Waals surface area contributed by atoms with Gasteiger partial charge in [-0.25, -0.2) is 8.78 Å². The molecule has 0 atom stereocenters. The van der Waals surface area contributed by atoms with Gasteiger partial charge in [0.2, 0.25) is 5.78 Å². The van der Waals surface area contributed by atoms with Gasteiger partial charge >= 0.3 is 0 Å². The number of nitrogens with two attached hydrogens (primary N) is 1. The third-order valence-electron chi connectivity index (χ3n) is 4.77. The first-order valence-electron chi connectivity index (χ1n) is 8.92. The zero-order chi connectivity index (χ0) is 21.4. The molecule has 0 unspecified atom stereocenters. The molecule has 30 heavy (non-hydrogen) atoms. The first-order chi connectivity index (χ1) is 14.4. The summed E-state index contributed by atoms with van der Waals surface area (Å²) in [6, 6.07) is 14.3. The summed E-state index contributed by atoms with van der Waals surface area (Å²) in [6.45, 7) is 0. The quantitative estimate of drug-likeness (QED) is 0.685. The lowest BCUT2D eigenvalue weighted by atomic mass is 9.92. The highest BCUT2D eigenvalue weighted by molar-refractivity contribution is 6.25. The standard InChI is InChI=1S/C23H14F2N2O3/c24-17-10-9-16(23(26)30)21(25)20(17)12-5-7-13(8-6-12)27-18-11-19(28)14-3-1-2-4-15(14)22(18)29/h1-11,27H,(H2,26,30). The number of fused-ring (bicyclic) bond motifs is 1. The molecule has 0 radical (unpaired) electrons. The number of benzene rings is 3. The average Bonchev–Trinajstić information content (AvgIpc) is 2.73. The largest absolute Gasteiger partial charge is 0.366 e. The molecule has 0 saturated heterocycles. The van der Waals surface area contributed by atoms with Gasteiger partial charge in [-0.2, -0.15) is 0 Å². The number of carbonyl (C=O) groups excluding carboxylic acids is 3. The van der Waals surface area contributed by atoms with E-state index in [1.807, 2.05) is 0 Å². The molecule has 0 aliphatic heterocycles. The molecule has 3 aromatic rings. The van der Waals surface area contributed by atoms with E-state index in [1.54, 1.807) is 24.3 Å². The lowest BCUT2D eigenvalue weighted by Gasteiger charge is -2.16. The highest BCUT2D eigenvalue weighted by Gasteiger charge is 2.25. The van der Waals surface area contributed by atoms with Crippen molar-refractivity contribution in [2.24, 2.45) is 5.73 Å². The Hall–Kier alpha value is -4.13. The zero-order valence-corrected chi connectivity index (χ0v) is 15.4. The number of rotatable bonds is 4. The summed E-state index contributed by atoms with van der Waals surface area (Å²) in [5.74, 6) is -3.52. The average molecular weight is 404 g/mol. The minimum absolute atomic E-state index is 0.0968. The Morgan fingerprint density at radius 3 is 2.20 bits per heavy atom. The Bertz CT molecular complexity index is 1250. The Labute approximate surface area is 169 Å². The second kappa shape index (κ2) is 7.36. The number of anilines is 1. The number of halogens is 2. The summed E-state index contributed by atoms with van der Waals surface area (Å²) >= 11 is 0. The van der Waals surface area contributed by atoms with Crippen LogP contribution in [-0.2, 0) is 0 Å². The summed E-state index contributed by atoms with van der Waals surface area (Å²) in [5, 5.41) is 2.87. The lowest BCUT2D eigenvalue weighted by molar-refractivity contribution is 0.0985. The number of nitrogens with one attached hydrogen (secondary N) is 1. The van der Waals surface area contributed by atoms with Crippen LogP contribution in [0.25, 0.3) is 11.1 Å². The number of allylic oxidation sites excluding steroid dienone is 2. The van der Waals surface area contributed by atoms with Gasteiger partial charge < -0.3 is 11.1 Å². The minimum Gasteiger partial charge on any atom is -0.366 e. The van der Waals surface area contributed by atoms with Crippen molar-refractivity contribution in [1.82, 2.24) is 0 Å². The molecule has 0 spiro atoms. The summed E-state index contributed by atoms with van der Waals surface area (Å²) in [7, 11) is 0. The minimum atomic E-state index is -1.05. The molecule has 0 fully saturated rings. The normalized spacial score (nSPS) is 12.9. The van der Waals surface area contributed by atoms with Crippen molar-refractivity contribution >= 4 is 23.2 Å². The first kappa shape index (κ1) is 19.2. The van der Waals surface area contributed by atoms with Gasteiger partial charge in [-0.1, -0.05) is 36.4 Å². The van der Waals surface area contributed by atoms with Gasteiger partial charge in [0.25, 0.3) is 5.91 Å². The highest BCUT2D eigenvalue weighted by Crippen LogP contribution is 2.30. The fourth-order valence-electron chi connectivity index (χ4n) is 3.29. The van der Waals surface area contributed by atoms with Crippen LogP contribution in [0.3, 0.4) is 0 Å². The fraction of sp³-hybridized carbons (Fsp3) is 0. The van der Waals surface area contributed by atoms with Gasteiger partial charge in [0.05, 0.1) is 16.8 Å². The van der Waals surface area contributed by atoms with Crippen LogP contribution in [0.2, 0.25) is 0 Å². The topological polar surface area (TPSA) is 89.3 Å². The Morgan fingerprint density at radius 2 is 1.53 bits per heavy atom. The third kappa shape index (κ3) is 3.26. The van der Waals surface area contributed by atoms with E-state index < -0.39 is 23.1 Å². The summed E-state index contributed by atoms with van der Waals surface area (Å²) in [5.41, 5.74) is 5.69. The van der Waals surface area contributed by atoms with E-state index in [4.69, 9.17) is 5.73 Å². The van der Waals surface area contributed by atoms with Crippen LogP contribution >= 0.6 is 0 Å². The van der Waals surface area contributed by atoms with Crippen molar-refractivity contribution in [2.75, 3.05) is 5.32 Å². The number of hydrogen-bond donors (Lipinski definition) is 2. The Morgan fingerprint density at radius 1 is 0.867 bits per heavy atom. The monoisotopic (exact) mass is 404 g/mol. The third-order valence-corrected chi connectivity index (χ3v) is 4.77. The van der Waals surface area contributed by atoms with Gasteiger partial charge in [0.1, 0.15) is 11.6 Å². The second-order valence-electron chi connectivity index (χ2n) is 6.65. The molecule has 1 amide bonds. The van der Waals surface area contributed by atoms with Gasteiger partial charge in [-0.15, -0.1) is 0 Å². The lowest BCUT2D eigenvalue weighted by Crippen LogP contribution is -2.21. The number of primary amides is 1. The van der Waals surface area contributed by atoms with Crippen molar-refractivity contribution in [2.45, 2.75) is 0 Å². The molecular formula is C23H14F2N2O3. The van der Waals surface area contributed by atoms with E-state index in [-0.39, 0.29) is 28.4 Å². The number of ketones is 2. The molecule has 0 aromatic heterocycles. The van der Waals surface area contributed by atoms with Gasteiger partial charge in [-0.3, -0.25) is 14.4 Å². The van der Waals surface area contributed by atoms with Crippen LogP contribution < -0.4 is 11.1 Å². The Kier molecular flexibility index (Phi) is 4.71. The fourth-order valence-corrected chi connectivity index (χ4v) is 3.29. The van der Waals surface area contributed by atoms with Crippen LogP contribution in [0.5, 0.6) is 0 Å². The van der Waals surface area contributed by atoms with E-state index in [1.165, 1.54) is 30.3 Å². The molecular weight excluding hydrogens is 390 g/mol. The molecule has 3 aromatic carbocycles. The molecule has 0 heterocycles. The van der Waals surface area contributed by atoms with E-state index in [9.17, 15) is 23.2 Å². The maximum absolute atomic E-state index is 14.5. The van der Waals surface area contributed by atoms with E-state index in [0.29, 0.717) is 16.8 Å². The van der Waals surface area contributed by atoms with Gasteiger partial charge in [0.15, 0.2) is 5.78 Å². The molecule has 4 rings (SSSR count). The van der Waals surface area contributed by atoms with Crippen molar-refractivity contribution in [3.05, 3.63) is 101 Å². The van der Waals surface area contributed by atoms with Crippen molar-refractivity contribution < 1.29 is 23.2 Å². The predicted molar refractivity (Wildman–Crippen MR) is 107 cm³/mol. The maximum atomic E-state index is 14.5. The number of amides is 1. The predicted octanol–water partition coefficient (Wildman–Crippen LogP) is 4.11. The van der Waals surface area contributed by atoms with Crippen LogP contribution in [0.4, 0.5) is 14.5 Å². The SMILES string of the molecule is NC(=O)c1ccc(F)c(-c2ccc(NC3=CC(=O)c4ccccc4C3=O)cc2)c1F. The number of carbonyl (C=O) groups is 3. The molecule has 7 heteroatoms. The number of hydrogen-bond acceptors (Lipinski definition) is 4. The van der Waals surface area contributed by atoms with E-state index in [2.05, 4.69) is 5.32 Å². The first-order valence-corrected chi connectivity index (χ1v) is 8.92. The smallest absolute Gasteiger partial charge is 0.251 e. The van der Waals surface area contributed by atoms with Crippen molar-refractivity contribution in [3.8, 4) is 11.1 Å². The highest BCUT2D eigenvalue weighted by atomic mass is 19.1. The maximum Gasteiger partial charge on any atom is 0.251 e. The number of Topliss-reactive ketones (excluding diaryl/α,β-unsaturated/α-hetero) is 1. The molecule has 5 nitrogen and oxygen atoms in total. The molecule has 148 valence electrons. The van der Waals surface area contributed by atoms with E-state index in [0.717, 1.165) is 12.1 Å². The van der Waals surface area contributed by atoms with Crippen LogP contribution in [-0.4, -0.2) is 17.5 Å². The van der Waals surface area contributed by atoms with Crippen LogP contribution in [0, 0.1) is 11.6 Å². The van der Waals surface area contributed by atoms with Gasteiger partial charge in [-0.05, 0) is 29.8 Å². The summed E-state index contributed by atoms with van der Waals surface area (Å²) < 4.78 is 28.7.